The number of anilines is 2. The molecule has 0 saturated carbocycles. The summed E-state index contributed by atoms with van der Waals surface area (Å²) in [5.74, 6) is 0.469. The highest BCUT2D eigenvalue weighted by Crippen LogP contribution is 2.59. The first-order valence-electron chi connectivity index (χ1n) is 13.1. The first-order chi connectivity index (χ1) is 20.6. The van der Waals surface area contributed by atoms with Crippen LogP contribution in [0.3, 0.4) is 0 Å². The van der Waals surface area contributed by atoms with E-state index < -0.39 is 30.6 Å². The lowest BCUT2D eigenvalue weighted by Crippen LogP contribution is -2.14. The van der Waals surface area contributed by atoms with Crippen molar-refractivity contribution in [1.29, 1.82) is 0 Å². The van der Waals surface area contributed by atoms with Crippen molar-refractivity contribution < 1.29 is 41.0 Å². The molecular weight excluding hydrogens is 608 g/mol. The van der Waals surface area contributed by atoms with Gasteiger partial charge in [-0.2, -0.15) is 26.9 Å². The number of alkyl halides is 5. The molecule has 0 aliphatic heterocycles. The Labute approximate surface area is 247 Å². The Hall–Kier alpha value is -4.10. The van der Waals surface area contributed by atoms with Crippen molar-refractivity contribution in [3.05, 3.63) is 83.6 Å². The number of ether oxygens (including phenoxy) is 1. The van der Waals surface area contributed by atoms with Crippen molar-refractivity contribution in [2.24, 2.45) is 0 Å². The molecule has 0 saturated heterocycles. The number of halogens is 5. The van der Waals surface area contributed by atoms with Crippen LogP contribution in [0.2, 0.25) is 0 Å². The van der Waals surface area contributed by atoms with Crippen LogP contribution in [0.15, 0.2) is 66.9 Å². The summed E-state index contributed by atoms with van der Waals surface area (Å²) in [6.45, 7) is 0.310. The van der Waals surface area contributed by atoms with Gasteiger partial charge in [0, 0.05) is 43.4 Å². The second kappa shape index (κ2) is 11.4. The lowest BCUT2D eigenvalue weighted by molar-refractivity contribution is -0.137. The molecule has 3 aromatic carbocycles. The van der Waals surface area contributed by atoms with Crippen molar-refractivity contribution in [1.82, 2.24) is 14.5 Å². The van der Waals surface area contributed by atoms with E-state index in [0.29, 0.717) is 33.2 Å². The molecule has 9 nitrogen and oxygen atoms in total. The molecule has 232 valence electrons. The topological polar surface area (TPSA) is 127 Å². The van der Waals surface area contributed by atoms with Crippen LogP contribution in [0.25, 0.3) is 32.9 Å². The lowest BCUT2D eigenvalue weighted by atomic mass is 9.95. The van der Waals surface area contributed by atoms with E-state index >= 15 is 0 Å². The largest absolute Gasteiger partial charge is 0.417 e. The Morgan fingerprint density at radius 3 is 2.30 bits per heavy atom. The standard InChI is InChI=1S/C29H27F5N5O4P/c1-38(2)26-24-20-11-12-39(13-14-43-16-17-7-9-18(10-8-17)29(33,34)44(40,41)42)25(20)21(15-23(24)36-27(35)37-26)19-5-3-4-6-22(19)28(30,31)32/h3-12,15H,13-14,16H2,1-2H3,(H2,35,36,37)(H2,40,41,42). The van der Waals surface area contributed by atoms with Gasteiger partial charge in [0.25, 0.3) is 0 Å². The van der Waals surface area contributed by atoms with Gasteiger partial charge in [0.05, 0.1) is 35.2 Å². The average molecular weight is 636 g/mol. The lowest BCUT2D eigenvalue weighted by Gasteiger charge is -2.19. The molecule has 0 amide bonds. The molecule has 0 radical (unpaired) electrons. The molecule has 4 N–H and O–H groups in total. The van der Waals surface area contributed by atoms with Gasteiger partial charge in [-0.25, -0.2) is 4.98 Å². The van der Waals surface area contributed by atoms with Crippen molar-refractivity contribution in [3.8, 4) is 11.1 Å². The van der Waals surface area contributed by atoms with Gasteiger partial charge in [-0.15, -0.1) is 0 Å². The molecule has 2 aromatic heterocycles. The zero-order chi connectivity index (χ0) is 32.0. The summed E-state index contributed by atoms with van der Waals surface area (Å²) in [5, 5.41) is 1.22. The van der Waals surface area contributed by atoms with Gasteiger partial charge in [0.2, 0.25) is 5.95 Å². The van der Waals surface area contributed by atoms with Gasteiger partial charge >= 0.3 is 19.4 Å². The van der Waals surface area contributed by atoms with Gasteiger partial charge in [-0.1, -0.05) is 42.5 Å². The molecular formula is C29H27F5N5O4P. The number of fused-ring (bicyclic) bond motifs is 3. The van der Waals surface area contributed by atoms with E-state index in [2.05, 4.69) is 9.97 Å². The van der Waals surface area contributed by atoms with Gasteiger partial charge in [0.15, 0.2) is 0 Å². The zero-order valence-electron chi connectivity index (χ0n) is 23.4. The first kappa shape index (κ1) is 31.3. The fourth-order valence-corrected chi connectivity index (χ4v) is 5.51. The smallest absolute Gasteiger partial charge is 0.375 e. The Morgan fingerprint density at radius 2 is 1.66 bits per heavy atom. The number of nitrogens with two attached hydrogens (primary N) is 1. The Bertz CT molecular complexity index is 1890. The average Bonchev–Trinajstić information content (AvgIpc) is 3.37. The van der Waals surface area contributed by atoms with E-state index in [-0.39, 0.29) is 36.8 Å². The molecule has 15 heteroatoms. The summed E-state index contributed by atoms with van der Waals surface area (Å²) in [6, 6.07) is 13.0. The van der Waals surface area contributed by atoms with Crippen LogP contribution >= 0.6 is 7.60 Å². The summed E-state index contributed by atoms with van der Waals surface area (Å²) in [5.41, 5.74) is 1.60. The number of hydrogen-bond donors (Lipinski definition) is 3. The summed E-state index contributed by atoms with van der Waals surface area (Å²) >= 11 is 0. The van der Waals surface area contributed by atoms with Gasteiger partial charge in [0.1, 0.15) is 5.82 Å². The van der Waals surface area contributed by atoms with E-state index in [0.717, 1.165) is 18.2 Å². The van der Waals surface area contributed by atoms with E-state index in [1.807, 2.05) is 0 Å². The van der Waals surface area contributed by atoms with E-state index in [4.69, 9.17) is 20.3 Å². The maximum Gasteiger partial charge on any atom is 0.417 e. The minimum absolute atomic E-state index is 0.00838. The Balaban J connectivity index is 1.50. The van der Waals surface area contributed by atoms with E-state index in [9.17, 15) is 26.5 Å². The highest BCUT2D eigenvalue weighted by Gasteiger charge is 2.50. The van der Waals surface area contributed by atoms with Crippen LogP contribution in [0.1, 0.15) is 16.7 Å². The maximum atomic E-state index is 14.1. The number of rotatable bonds is 9. The van der Waals surface area contributed by atoms with Gasteiger partial charge in [-0.3, -0.25) is 4.57 Å². The minimum Gasteiger partial charge on any atom is -0.375 e. The third kappa shape index (κ3) is 5.85. The zero-order valence-corrected chi connectivity index (χ0v) is 24.3. The third-order valence-corrected chi connectivity index (χ3v) is 8.05. The first-order valence-corrected chi connectivity index (χ1v) is 14.7. The second-order valence-electron chi connectivity index (χ2n) is 10.3. The molecule has 0 atom stereocenters. The predicted octanol–water partition coefficient (Wildman–Crippen LogP) is 6.36. The highest BCUT2D eigenvalue weighted by molar-refractivity contribution is 7.52. The molecule has 0 aliphatic rings. The SMILES string of the molecule is CN(C)c1nc(N)nc2cc(-c3ccccc3C(F)(F)F)c3c(ccn3CCOCc3ccc(C(F)(F)P(=O)(O)O)cc3)c12. The fraction of sp³-hybridized carbons (Fsp3) is 0.241. The Morgan fingerprint density at radius 1 is 0.977 bits per heavy atom. The van der Waals surface area contributed by atoms with Gasteiger partial charge < -0.3 is 29.7 Å². The van der Waals surface area contributed by atoms with Crippen LogP contribution < -0.4 is 10.6 Å². The summed E-state index contributed by atoms with van der Waals surface area (Å²) < 4.78 is 88.8. The molecule has 0 unspecified atom stereocenters. The fourth-order valence-electron chi connectivity index (χ4n) is 5.03. The molecule has 0 fully saturated rings. The second-order valence-corrected chi connectivity index (χ2v) is 11.9. The molecule has 0 spiro atoms. The summed E-state index contributed by atoms with van der Waals surface area (Å²) in [4.78, 5) is 28.3. The molecule has 44 heavy (non-hydrogen) atoms. The number of nitrogens with zero attached hydrogens (tertiary/aromatic N) is 4. The minimum atomic E-state index is -5.69. The van der Waals surface area contributed by atoms with Crippen LogP contribution in [-0.4, -0.2) is 45.0 Å². The van der Waals surface area contributed by atoms with Crippen molar-refractivity contribution in [2.75, 3.05) is 31.3 Å². The van der Waals surface area contributed by atoms with Crippen LogP contribution in [0.5, 0.6) is 0 Å². The van der Waals surface area contributed by atoms with E-state index in [1.54, 1.807) is 41.9 Å². The highest BCUT2D eigenvalue weighted by atomic mass is 31.2. The molecule has 2 heterocycles. The Kier molecular flexibility index (Phi) is 8.14. The monoisotopic (exact) mass is 635 g/mol. The van der Waals surface area contributed by atoms with Crippen molar-refractivity contribution in [3.63, 3.8) is 0 Å². The van der Waals surface area contributed by atoms with Crippen LogP contribution in [-0.2, 0) is 34.3 Å². The van der Waals surface area contributed by atoms with Crippen LogP contribution in [0, 0.1) is 0 Å². The number of aromatic nitrogens is 3. The quantitative estimate of drug-likeness (QED) is 0.0971. The summed E-state index contributed by atoms with van der Waals surface area (Å²) in [6.07, 6.45) is -2.90. The number of hydrogen-bond acceptors (Lipinski definition) is 6. The van der Waals surface area contributed by atoms with E-state index in [1.165, 1.54) is 30.3 Å². The molecule has 5 rings (SSSR count). The van der Waals surface area contributed by atoms with Crippen LogP contribution in [0.4, 0.5) is 33.7 Å². The molecule has 5 aromatic rings. The van der Waals surface area contributed by atoms with Crippen molar-refractivity contribution >= 4 is 41.2 Å². The maximum absolute atomic E-state index is 14.1. The molecule has 0 aliphatic carbocycles. The van der Waals surface area contributed by atoms with Gasteiger partial charge in [-0.05, 0) is 29.3 Å². The normalized spacial score (nSPS) is 12.8. The van der Waals surface area contributed by atoms with Crippen molar-refractivity contribution in [2.45, 2.75) is 25.0 Å². The number of benzene rings is 3. The predicted molar refractivity (Wildman–Crippen MR) is 156 cm³/mol. The number of nitrogen functional groups attached to an aromatic ring is 1. The third-order valence-electron chi connectivity index (χ3n) is 7.06. The summed E-state index contributed by atoms with van der Waals surface area (Å²) in [7, 11) is -2.16. The molecule has 0 bridgehead atoms.